The third-order valence-corrected chi connectivity index (χ3v) is 5.66. The van der Waals surface area contributed by atoms with Gasteiger partial charge in [-0.3, -0.25) is 9.69 Å². The summed E-state index contributed by atoms with van der Waals surface area (Å²) in [5, 5.41) is 5.28. The van der Waals surface area contributed by atoms with Crippen LogP contribution in [0.5, 0.6) is 5.75 Å². The van der Waals surface area contributed by atoms with Gasteiger partial charge in [-0.05, 0) is 40.5 Å². The number of nitrogens with zero attached hydrogens (tertiary/aromatic N) is 1. The van der Waals surface area contributed by atoms with E-state index in [1.54, 1.807) is 0 Å². The number of carbonyl (C=O) groups is 1. The van der Waals surface area contributed by atoms with Crippen LogP contribution < -0.4 is 10.1 Å². The maximum atomic E-state index is 12.7. The van der Waals surface area contributed by atoms with E-state index in [9.17, 15) is 4.79 Å². The molecule has 0 spiro atoms. The highest BCUT2D eigenvalue weighted by atomic mass is 16.5. The first-order chi connectivity index (χ1) is 15.2. The summed E-state index contributed by atoms with van der Waals surface area (Å²) in [5.74, 6) is 0.626. The van der Waals surface area contributed by atoms with Crippen LogP contribution in [-0.2, 0) is 22.6 Å². The molecule has 4 rings (SSSR count). The normalized spacial score (nSPS) is 15.5. The second-order valence-corrected chi connectivity index (χ2v) is 7.95. The maximum Gasteiger partial charge on any atom is 0.261 e. The van der Waals surface area contributed by atoms with Crippen molar-refractivity contribution in [2.24, 2.45) is 0 Å². The standard InChI is InChI=1S/C26H30N2O3/c1-2-25(31-24-12-11-22-5-3-4-6-23(22)17-24)26(29)27-18-20-7-9-21(10-8-20)19-28-13-15-30-16-14-28/h3-12,17,25H,2,13-16,18-19H2,1H3,(H,27,29)/t25-/m1/s1. The second-order valence-electron chi connectivity index (χ2n) is 7.95. The first-order valence-electron chi connectivity index (χ1n) is 11.0. The number of ether oxygens (including phenoxy) is 2. The number of amides is 1. The summed E-state index contributed by atoms with van der Waals surface area (Å²) in [5.41, 5.74) is 2.36. The lowest BCUT2D eigenvalue weighted by Crippen LogP contribution is -2.37. The minimum atomic E-state index is -0.512. The predicted octanol–water partition coefficient (Wildman–Crippen LogP) is 4.15. The minimum Gasteiger partial charge on any atom is -0.481 e. The zero-order valence-corrected chi connectivity index (χ0v) is 18.0. The lowest BCUT2D eigenvalue weighted by Gasteiger charge is -2.26. The summed E-state index contributed by atoms with van der Waals surface area (Å²) in [6.07, 6.45) is 0.0960. The van der Waals surface area contributed by atoms with E-state index in [1.165, 1.54) is 5.56 Å². The highest BCUT2D eigenvalue weighted by Crippen LogP contribution is 2.22. The van der Waals surface area contributed by atoms with Crippen LogP contribution in [0, 0.1) is 0 Å². The highest BCUT2D eigenvalue weighted by molar-refractivity contribution is 5.84. The van der Waals surface area contributed by atoms with Gasteiger partial charge in [0.15, 0.2) is 6.10 Å². The first-order valence-corrected chi connectivity index (χ1v) is 11.0. The molecule has 1 aliphatic heterocycles. The fourth-order valence-electron chi connectivity index (χ4n) is 3.81. The fourth-order valence-corrected chi connectivity index (χ4v) is 3.81. The zero-order chi connectivity index (χ0) is 21.5. The van der Waals surface area contributed by atoms with E-state index in [0.717, 1.165) is 49.2 Å². The Kier molecular flexibility index (Phi) is 7.18. The van der Waals surface area contributed by atoms with Crippen molar-refractivity contribution in [3.05, 3.63) is 77.9 Å². The summed E-state index contributed by atoms with van der Waals surface area (Å²) in [7, 11) is 0. The fraction of sp³-hybridized carbons (Fsp3) is 0.346. The van der Waals surface area contributed by atoms with Crippen LogP contribution in [0.25, 0.3) is 10.8 Å². The molecule has 0 aromatic heterocycles. The molecule has 1 saturated heterocycles. The van der Waals surface area contributed by atoms with E-state index >= 15 is 0 Å². The SMILES string of the molecule is CC[C@@H](Oc1ccc2ccccc2c1)C(=O)NCc1ccc(CN2CCOCC2)cc1. The molecule has 0 saturated carbocycles. The molecule has 5 nitrogen and oxygen atoms in total. The molecular weight excluding hydrogens is 388 g/mol. The van der Waals surface area contributed by atoms with Crippen LogP contribution in [0.1, 0.15) is 24.5 Å². The van der Waals surface area contributed by atoms with Crippen molar-refractivity contribution in [2.45, 2.75) is 32.5 Å². The van der Waals surface area contributed by atoms with Crippen LogP contribution in [-0.4, -0.2) is 43.2 Å². The minimum absolute atomic E-state index is 0.0898. The van der Waals surface area contributed by atoms with Gasteiger partial charge in [0.2, 0.25) is 0 Å². The molecule has 5 heteroatoms. The van der Waals surface area contributed by atoms with Crippen molar-refractivity contribution in [3.63, 3.8) is 0 Å². The van der Waals surface area contributed by atoms with E-state index in [0.29, 0.717) is 18.7 Å². The molecule has 3 aromatic rings. The summed E-state index contributed by atoms with van der Waals surface area (Å²) in [4.78, 5) is 15.1. The number of morpholine rings is 1. The molecule has 162 valence electrons. The number of fused-ring (bicyclic) bond motifs is 1. The van der Waals surface area contributed by atoms with Crippen LogP contribution in [0.2, 0.25) is 0 Å². The van der Waals surface area contributed by atoms with Crippen molar-refractivity contribution < 1.29 is 14.3 Å². The van der Waals surface area contributed by atoms with Gasteiger partial charge < -0.3 is 14.8 Å². The topological polar surface area (TPSA) is 50.8 Å². The van der Waals surface area contributed by atoms with Gasteiger partial charge in [-0.15, -0.1) is 0 Å². The Morgan fingerprint density at radius 3 is 2.45 bits per heavy atom. The number of carbonyl (C=O) groups excluding carboxylic acids is 1. The number of rotatable bonds is 8. The van der Waals surface area contributed by atoms with Gasteiger partial charge in [-0.2, -0.15) is 0 Å². The Bertz CT molecular complexity index is 997. The Hall–Kier alpha value is -2.89. The van der Waals surface area contributed by atoms with Crippen molar-refractivity contribution in [1.29, 1.82) is 0 Å². The molecule has 1 N–H and O–H groups in total. The largest absolute Gasteiger partial charge is 0.481 e. The zero-order valence-electron chi connectivity index (χ0n) is 18.0. The quantitative estimate of drug-likeness (QED) is 0.597. The molecular formula is C26H30N2O3. The van der Waals surface area contributed by atoms with Crippen molar-refractivity contribution in [2.75, 3.05) is 26.3 Å². The second kappa shape index (κ2) is 10.4. The lowest BCUT2D eigenvalue weighted by molar-refractivity contribution is -0.128. The smallest absolute Gasteiger partial charge is 0.261 e. The van der Waals surface area contributed by atoms with E-state index < -0.39 is 6.10 Å². The third kappa shape index (κ3) is 5.84. The lowest BCUT2D eigenvalue weighted by atomic mass is 10.1. The Morgan fingerprint density at radius 1 is 1.00 bits per heavy atom. The Balaban J connectivity index is 1.30. The van der Waals surface area contributed by atoms with Crippen LogP contribution >= 0.6 is 0 Å². The first kappa shape index (κ1) is 21.3. The van der Waals surface area contributed by atoms with Gasteiger partial charge in [-0.25, -0.2) is 0 Å². The van der Waals surface area contributed by atoms with Gasteiger partial charge in [0, 0.05) is 26.2 Å². The number of hydrogen-bond acceptors (Lipinski definition) is 4. The molecule has 31 heavy (non-hydrogen) atoms. The van der Waals surface area contributed by atoms with Gasteiger partial charge in [0.25, 0.3) is 5.91 Å². The molecule has 0 aliphatic carbocycles. The average Bonchev–Trinajstić information content (AvgIpc) is 2.82. The van der Waals surface area contributed by atoms with Crippen LogP contribution in [0.15, 0.2) is 66.7 Å². The van der Waals surface area contributed by atoms with Crippen LogP contribution in [0.3, 0.4) is 0 Å². The van der Waals surface area contributed by atoms with Gasteiger partial charge in [0.1, 0.15) is 5.75 Å². The maximum absolute atomic E-state index is 12.7. The predicted molar refractivity (Wildman–Crippen MR) is 123 cm³/mol. The van der Waals surface area contributed by atoms with Gasteiger partial charge in [0.05, 0.1) is 13.2 Å². The monoisotopic (exact) mass is 418 g/mol. The van der Waals surface area contributed by atoms with E-state index in [-0.39, 0.29) is 5.91 Å². The molecule has 1 heterocycles. The van der Waals surface area contributed by atoms with Crippen LogP contribution in [0.4, 0.5) is 0 Å². The van der Waals surface area contributed by atoms with Crippen molar-refractivity contribution in [1.82, 2.24) is 10.2 Å². The molecule has 1 amide bonds. The third-order valence-electron chi connectivity index (χ3n) is 5.66. The highest BCUT2D eigenvalue weighted by Gasteiger charge is 2.18. The summed E-state index contributed by atoms with van der Waals surface area (Å²) in [6.45, 7) is 6.97. The Labute approximate surface area is 184 Å². The summed E-state index contributed by atoms with van der Waals surface area (Å²) >= 11 is 0. The summed E-state index contributed by atoms with van der Waals surface area (Å²) in [6, 6.07) is 22.5. The molecule has 0 radical (unpaired) electrons. The molecule has 1 atom stereocenters. The van der Waals surface area contributed by atoms with E-state index in [1.807, 2.05) is 43.3 Å². The number of benzene rings is 3. The molecule has 0 unspecified atom stereocenters. The van der Waals surface area contributed by atoms with Gasteiger partial charge in [-0.1, -0.05) is 61.5 Å². The van der Waals surface area contributed by atoms with Gasteiger partial charge >= 0.3 is 0 Å². The van der Waals surface area contributed by atoms with E-state index in [4.69, 9.17) is 9.47 Å². The van der Waals surface area contributed by atoms with Crippen molar-refractivity contribution in [3.8, 4) is 5.75 Å². The molecule has 0 bridgehead atoms. The molecule has 1 fully saturated rings. The van der Waals surface area contributed by atoms with Crippen molar-refractivity contribution >= 4 is 16.7 Å². The van der Waals surface area contributed by atoms with E-state index in [2.05, 4.69) is 40.5 Å². The number of hydrogen-bond donors (Lipinski definition) is 1. The number of nitrogens with one attached hydrogen (secondary N) is 1. The summed E-state index contributed by atoms with van der Waals surface area (Å²) < 4.78 is 11.4. The molecule has 3 aromatic carbocycles. The average molecular weight is 419 g/mol. The Morgan fingerprint density at radius 2 is 1.71 bits per heavy atom. The molecule has 1 aliphatic rings.